The second-order valence-electron chi connectivity index (χ2n) is 5.75. The van der Waals surface area contributed by atoms with Gasteiger partial charge in [-0.3, -0.25) is 0 Å². The highest BCUT2D eigenvalue weighted by molar-refractivity contribution is 6.11. The van der Waals surface area contributed by atoms with Crippen molar-refractivity contribution in [3.8, 4) is 5.75 Å². The first kappa shape index (κ1) is 14.5. The highest BCUT2D eigenvalue weighted by Gasteiger charge is 2.24. The minimum atomic E-state index is -0.440. The van der Waals surface area contributed by atoms with Crippen LogP contribution in [0.5, 0.6) is 5.75 Å². The molecule has 2 heterocycles. The van der Waals surface area contributed by atoms with Gasteiger partial charge in [-0.25, -0.2) is 9.79 Å². The van der Waals surface area contributed by atoms with E-state index in [9.17, 15) is 4.79 Å². The molecule has 2 aliphatic rings. The maximum atomic E-state index is 12.1. The van der Waals surface area contributed by atoms with Gasteiger partial charge in [0.1, 0.15) is 12.4 Å². The van der Waals surface area contributed by atoms with Crippen molar-refractivity contribution >= 4 is 17.9 Å². The van der Waals surface area contributed by atoms with Crippen LogP contribution in [0.4, 0.5) is 0 Å². The van der Waals surface area contributed by atoms with Gasteiger partial charge in [-0.15, -0.1) is 0 Å². The third-order valence-electron chi connectivity index (χ3n) is 3.90. The Balaban J connectivity index is 1.64. The predicted octanol–water partition coefficient (Wildman–Crippen LogP) is 3.66. The minimum Gasteiger partial charge on any atom is -0.488 e. The van der Waals surface area contributed by atoms with Crippen LogP contribution in [0.1, 0.15) is 16.7 Å². The predicted molar refractivity (Wildman–Crippen MR) is 91.8 cm³/mol. The number of hydrogen-bond donors (Lipinski definition) is 0. The Bertz CT molecular complexity index is 905. The quantitative estimate of drug-likeness (QED) is 0.627. The molecule has 0 N–H and O–H groups in total. The zero-order valence-electron chi connectivity index (χ0n) is 13.2. The molecule has 0 aliphatic carbocycles. The summed E-state index contributed by atoms with van der Waals surface area (Å²) < 4.78 is 11.0. The fourth-order valence-electron chi connectivity index (χ4n) is 2.62. The zero-order chi connectivity index (χ0) is 16.5. The van der Waals surface area contributed by atoms with Crippen molar-refractivity contribution in [2.75, 3.05) is 6.61 Å². The van der Waals surface area contributed by atoms with Crippen molar-refractivity contribution in [2.24, 2.45) is 4.99 Å². The topological polar surface area (TPSA) is 47.9 Å². The Morgan fingerprint density at radius 2 is 1.88 bits per heavy atom. The summed E-state index contributed by atoms with van der Waals surface area (Å²) in [5, 5.41) is 0. The van der Waals surface area contributed by atoms with Crippen LogP contribution in [0.25, 0.3) is 6.08 Å². The summed E-state index contributed by atoms with van der Waals surface area (Å²) in [7, 11) is 0. The number of cyclic esters (lactones) is 1. The number of nitrogens with zero attached hydrogens (tertiary/aromatic N) is 1. The van der Waals surface area contributed by atoms with Crippen LogP contribution in [0.2, 0.25) is 0 Å². The van der Waals surface area contributed by atoms with E-state index in [0.717, 1.165) is 28.0 Å². The monoisotopic (exact) mass is 317 g/mol. The number of hydrogen-bond acceptors (Lipinski definition) is 4. The van der Waals surface area contributed by atoms with Gasteiger partial charge in [-0.1, -0.05) is 35.9 Å². The summed E-state index contributed by atoms with van der Waals surface area (Å²) in [6, 6.07) is 15.5. The third kappa shape index (κ3) is 2.74. The molecule has 4 rings (SSSR count). The molecule has 0 bridgehead atoms. The van der Waals surface area contributed by atoms with E-state index < -0.39 is 5.97 Å². The molecule has 2 aromatic rings. The molecule has 4 heteroatoms. The summed E-state index contributed by atoms with van der Waals surface area (Å²) in [4.78, 5) is 16.4. The van der Waals surface area contributed by atoms with Gasteiger partial charge in [0.15, 0.2) is 5.70 Å². The van der Waals surface area contributed by atoms with Crippen LogP contribution in [-0.4, -0.2) is 18.5 Å². The summed E-state index contributed by atoms with van der Waals surface area (Å²) in [6.07, 6.45) is 3.72. The van der Waals surface area contributed by atoms with E-state index in [4.69, 9.17) is 9.47 Å². The molecular weight excluding hydrogens is 302 g/mol. The molecular formula is C20H15NO3. The van der Waals surface area contributed by atoms with E-state index >= 15 is 0 Å². The van der Waals surface area contributed by atoms with Gasteiger partial charge in [0.2, 0.25) is 5.90 Å². The maximum Gasteiger partial charge on any atom is 0.363 e. The first-order chi connectivity index (χ1) is 11.7. The molecule has 0 saturated heterocycles. The summed E-state index contributed by atoms with van der Waals surface area (Å²) >= 11 is 0. The number of fused-ring (bicyclic) bond motifs is 1. The number of carbonyl (C=O) groups excluding carboxylic acids is 1. The smallest absolute Gasteiger partial charge is 0.363 e. The molecule has 4 nitrogen and oxygen atoms in total. The molecule has 2 aliphatic heterocycles. The number of aliphatic imine (C=N–C) groups is 1. The second-order valence-corrected chi connectivity index (χ2v) is 5.75. The number of benzene rings is 2. The molecule has 0 fully saturated rings. The Labute approximate surface area is 139 Å². The Hall–Kier alpha value is -3.14. The van der Waals surface area contributed by atoms with Crippen molar-refractivity contribution in [1.29, 1.82) is 0 Å². The maximum absolute atomic E-state index is 12.1. The summed E-state index contributed by atoms with van der Waals surface area (Å²) in [5.41, 5.74) is 4.10. The van der Waals surface area contributed by atoms with E-state index in [-0.39, 0.29) is 0 Å². The minimum absolute atomic E-state index is 0.291. The SMILES string of the molecule is Cc1ccc(C2=NC(=CC3=Cc4ccccc4OC3)C(=O)O2)cc1. The van der Waals surface area contributed by atoms with Crippen LogP contribution >= 0.6 is 0 Å². The number of rotatable bonds is 2. The van der Waals surface area contributed by atoms with Gasteiger partial charge >= 0.3 is 5.97 Å². The normalized spacial score (nSPS) is 17.7. The molecule has 0 aromatic heterocycles. The molecule has 0 spiro atoms. The number of carbonyl (C=O) groups is 1. The van der Waals surface area contributed by atoms with Crippen LogP contribution in [0.15, 0.2) is 70.9 Å². The lowest BCUT2D eigenvalue weighted by molar-refractivity contribution is -0.130. The van der Waals surface area contributed by atoms with Crippen LogP contribution < -0.4 is 4.74 Å². The standard InChI is InChI=1S/C20H15NO3/c1-13-6-8-15(9-7-13)19-21-17(20(22)24-19)11-14-10-16-4-2-3-5-18(16)23-12-14/h2-11H,12H2,1H3. The highest BCUT2D eigenvalue weighted by atomic mass is 16.6. The molecule has 0 unspecified atom stereocenters. The van der Waals surface area contributed by atoms with Crippen LogP contribution in [0, 0.1) is 6.92 Å². The van der Waals surface area contributed by atoms with Gasteiger partial charge in [-0.05, 0) is 42.8 Å². The molecule has 24 heavy (non-hydrogen) atoms. The first-order valence-corrected chi connectivity index (χ1v) is 7.71. The summed E-state index contributed by atoms with van der Waals surface area (Å²) in [6.45, 7) is 2.41. The molecule has 2 aromatic carbocycles. The number of esters is 1. The Kier molecular flexibility index (Phi) is 3.50. The lowest BCUT2D eigenvalue weighted by Gasteiger charge is -2.15. The Morgan fingerprint density at radius 3 is 2.71 bits per heavy atom. The van der Waals surface area contributed by atoms with Gasteiger partial charge in [0.05, 0.1) is 0 Å². The average molecular weight is 317 g/mol. The third-order valence-corrected chi connectivity index (χ3v) is 3.90. The van der Waals surface area contributed by atoms with E-state index in [1.807, 2.05) is 61.5 Å². The Morgan fingerprint density at radius 1 is 1.08 bits per heavy atom. The van der Waals surface area contributed by atoms with Crippen molar-refractivity contribution in [2.45, 2.75) is 6.92 Å². The molecule has 0 radical (unpaired) electrons. The fraction of sp³-hybridized carbons (Fsp3) is 0.100. The molecule has 0 amide bonds. The van der Waals surface area contributed by atoms with E-state index in [1.54, 1.807) is 6.08 Å². The largest absolute Gasteiger partial charge is 0.488 e. The summed E-state index contributed by atoms with van der Waals surface area (Å²) in [5.74, 6) is 0.742. The van der Waals surface area contributed by atoms with Gasteiger partial charge in [-0.2, -0.15) is 0 Å². The lowest BCUT2D eigenvalue weighted by Crippen LogP contribution is -2.08. The van der Waals surface area contributed by atoms with Crippen LogP contribution in [-0.2, 0) is 9.53 Å². The zero-order valence-corrected chi connectivity index (χ0v) is 13.2. The van der Waals surface area contributed by atoms with Crippen molar-refractivity contribution in [3.63, 3.8) is 0 Å². The molecule has 0 atom stereocenters. The lowest BCUT2D eigenvalue weighted by atomic mass is 10.1. The van der Waals surface area contributed by atoms with Crippen LogP contribution in [0.3, 0.4) is 0 Å². The number of para-hydroxylation sites is 1. The molecule has 118 valence electrons. The average Bonchev–Trinajstić information content (AvgIpc) is 2.96. The first-order valence-electron chi connectivity index (χ1n) is 7.71. The van der Waals surface area contributed by atoms with Gasteiger partial charge < -0.3 is 9.47 Å². The number of aryl methyl sites for hydroxylation is 1. The van der Waals surface area contributed by atoms with E-state index in [2.05, 4.69) is 4.99 Å². The number of ether oxygens (including phenoxy) is 2. The van der Waals surface area contributed by atoms with E-state index in [0.29, 0.717) is 18.2 Å². The van der Waals surface area contributed by atoms with Crippen molar-refractivity contribution in [3.05, 3.63) is 82.6 Å². The highest BCUT2D eigenvalue weighted by Crippen LogP contribution is 2.27. The fourth-order valence-corrected chi connectivity index (χ4v) is 2.62. The van der Waals surface area contributed by atoms with E-state index in [1.165, 1.54) is 0 Å². The van der Waals surface area contributed by atoms with Crippen molar-refractivity contribution < 1.29 is 14.3 Å². The van der Waals surface area contributed by atoms with Gasteiger partial charge in [0.25, 0.3) is 0 Å². The second kappa shape index (κ2) is 5.81. The molecule has 0 saturated carbocycles. The van der Waals surface area contributed by atoms with Crippen molar-refractivity contribution in [1.82, 2.24) is 0 Å². The van der Waals surface area contributed by atoms with Gasteiger partial charge in [0, 0.05) is 11.1 Å².